The van der Waals surface area contributed by atoms with Gasteiger partial charge in [0.15, 0.2) is 0 Å². The van der Waals surface area contributed by atoms with Crippen molar-refractivity contribution in [1.82, 2.24) is 10.2 Å². The van der Waals surface area contributed by atoms with Gasteiger partial charge in [-0.1, -0.05) is 13.3 Å². The zero-order chi connectivity index (χ0) is 14.7. The molecule has 1 N–H and O–H groups in total. The fourth-order valence-corrected chi connectivity index (χ4v) is 2.28. The molecular weight excluding hydrogens is 258 g/mol. The molecule has 1 aromatic carbocycles. The number of rotatable bonds is 4. The average molecular weight is 275 g/mol. The van der Waals surface area contributed by atoms with E-state index in [4.69, 9.17) is 0 Å². The van der Waals surface area contributed by atoms with Crippen LogP contribution in [0.2, 0.25) is 0 Å². The van der Waals surface area contributed by atoms with Gasteiger partial charge in [0.05, 0.1) is 11.0 Å². The highest BCUT2D eigenvalue weighted by Crippen LogP contribution is 2.29. The standard InChI is InChI=1S/C14H17N3O3/c1-3-4-11-9-16(2)14(18)15-13(11)10-5-7-12(8-6-10)17(19)20/h5-9,13H,3-4H2,1-2H3,(H,15,18). The highest BCUT2D eigenvalue weighted by atomic mass is 16.6. The number of carbonyl (C=O) groups excluding carboxylic acids is 1. The highest BCUT2D eigenvalue weighted by Gasteiger charge is 2.25. The van der Waals surface area contributed by atoms with E-state index in [1.165, 1.54) is 17.0 Å². The molecule has 1 aliphatic rings. The molecule has 0 spiro atoms. The zero-order valence-electron chi connectivity index (χ0n) is 11.5. The summed E-state index contributed by atoms with van der Waals surface area (Å²) in [4.78, 5) is 23.5. The Bertz CT molecular complexity index is 551. The Hall–Kier alpha value is -2.37. The summed E-state index contributed by atoms with van der Waals surface area (Å²) in [5, 5.41) is 13.6. The van der Waals surface area contributed by atoms with Gasteiger partial charge >= 0.3 is 6.03 Å². The monoisotopic (exact) mass is 275 g/mol. The maximum atomic E-state index is 11.8. The number of nitrogens with zero attached hydrogens (tertiary/aromatic N) is 2. The number of hydrogen-bond acceptors (Lipinski definition) is 3. The van der Waals surface area contributed by atoms with Gasteiger partial charge in [0.2, 0.25) is 0 Å². The number of nitro benzene ring substituents is 1. The predicted molar refractivity (Wildman–Crippen MR) is 75.1 cm³/mol. The van der Waals surface area contributed by atoms with Crippen LogP contribution in [-0.2, 0) is 0 Å². The molecule has 106 valence electrons. The molecule has 0 aliphatic carbocycles. The topological polar surface area (TPSA) is 75.5 Å². The summed E-state index contributed by atoms with van der Waals surface area (Å²) in [7, 11) is 1.71. The Labute approximate surface area is 117 Å². The highest BCUT2D eigenvalue weighted by molar-refractivity contribution is 5.77. The first-order chi connectivity index (χ1) is 9.52. The molecule has 1 aromatic rings. The van der Waals surface area contributed by atoms with E-state index in [1.807, 2.05) is 6.20 Å². The lowest BCUT2D eigenvalue weighted by molar-refractivity contribution is -0.384. The van der Waals surface area contributed by atoms with Crippen LogP contribution in [0, 0.1) is 10.1 Å². The summed E-state index contributed by atoms with van der Waals surface area (Å²) >= 11 is 0. The van der Waals surface area contributed by atoms with Crippen LogP contribution in [0.3, 0.4) is 0 Å². The average Bonchev–Trinajstić information content (AvgIpc) is 2.43. The SMILES string of the molecule is CCCC1=CN(C)C(=O)NC1c1ccc([N+](=O)[O-])cc1. The molecule has 0 fully saturated rings. The Morgan fingerprint density at radius 1 is 1.35 bits per heavy atom. The number of non-ortho nitro benzene ring substituents is 1. The van der Waals surface area contributed by atoms with Gasteiger partial charge in [-0.15, -0.1) is 0 Å². The van der Waals surface area contributed by atoms with Gasteiger partial charge in [-0.25, -0.2) is 4.79 Å². The molecule has 2 amide bonds. The summed E-state index contributed by atoms with van der Waals surface area (Å²) in [6, 6.07) is 5.93. The molecule has 0 saturated carbocycles. The smallest absolute Gasteiger partial charge is 0.321 e. The molecule has 6 heteroatoms. The van der Waals surface area contributed by atoms with Crippen LogP contribution >= 0.6 is 0 Å². The Morgan fingerprint density at radius 2 is 2.00 bits per heavy atom. The van der Waals surface area contributed by atoms with Crippen LogP contribution in [0.25, 0.3) is 0 Å². The molecule has 1 unspecified atom stereocenters. The molecule has 6 nitrogen and oxygen atoms in total. The third-order valence-electron chi connectivity index (χ3n) is 3.29. The Kier molecular flexibility index (Phi) is 4.02. The van der Waals surface area contributed by atoms with Crippen molar-refractivity contribution in [3.05, 3.63) is 51.7 Å². The van der Waals surface area contributed by atoms with Gasteiger partial charge in [0, 0.05) is 25.4 Å². The minimum atomic E-state index is -0.431. The zero-order valence-corrected chi connectivity index (χ0v) is 11.5. The van der Waals surface area contributed by atoms with Crippen molar-refractivity contribution in [2.24, 2.45) is 0 Å². The van der Waals surface area contributed by atoms with Crippen LogP contribution in [0.4, 0.5) is 10.5 Å². The summed E-state index contributed by atoms with van der Waals surface area (Å²) < 4.78 is 0. The maximum Gasteiger partial charge on any atom is 0.321 e. The van der Waals surface area contributed by atoms with Crippen molar-refractivity contribution in [2.75, 3.05) is 7.05 Å². The third-order valence-corrected chi connectivity index (χ3v) is 3.29. The lowest BCUT2D eigenvalue weighted by Crippen LogP contribution is -2.41. The number of benzene rings is 1. The fourth-order valence-electron chi connectivity index (χ4n) is 2.28. The quantitative estimate of drug-likeness (QED) is 0.678. The first-order valence-electron chi connectivity index (χ1n) is 6.51. The van der Waals surface area contributed by atoms with Crippen LogP contribution in [-0.4, -0.2) is 22.9 Å². The molecule has 1 heterocycles. The van der Waals surface area contributed by atoms with Gasteiger partial charge in [-0.2, -0.15) is 0 Å². The van der Waals surface area contributed by atoms with E-state index in [0.29, 0.717) is 0 Å². The Balaban J connectivity index is 2.31. The molecule has 0 saturated heterocycles. The van der Waals surface area contributed by atoms with Crippen LogP contribution in [0.15, 0.2) is 36.0 Å². The molecule has 20 heavy (non-hydrogen) atoms. The normalized spacial score (nSPS) is 18.5. The second-order valence-electron chi connectivity index (χ2n) is 4.80. The minimum absolute atomic E-state index is 0.0500. The second kappa shape index (κ2) is 5.73. The third kappa shape index (κ3) is 2.79. The number of nitro groups is 1. The van der Waals surface area contributed by atoms with E-state index in [2.05, 4.69) is 12.2 Å². The number of urea groups is 1. The van der Waals surface area contributed by atoms with E-state index in [-0.39, 0.29) is 17.8 Å². The summed E-state index contributed by atoms with van der Waals surface area (Å²) in [6.45, 7) is 2.07. The van der Waals surface area contributed by atoms with Gasteiger partial charge in [-0.3, -0.25) is 10.1 Å². The van der Waals surface area contributed by atoms with E-state index < -0.39 is 4.92 Å². The van der Waals surface area contributed by atoms with E-state index in [0.717, 1.165) is 24.0 Å². The van der Waals surface area contributed by atoms with Crippen LogP contribution < -0.4 is 5.32 Å². The van der Waals surface area contributed by atoms with Gasteiger partial charge in [0.25, 0.3) is 5.69 Å². The summed E-state index contributed by atoms with van der Waals surface area (Å²) in [6.07, 6.45) is 3.68. The summed E-state index contributed by atoms with van der Waals surface area (Å²) in [5.41, 5.74) is 2.01. The molecule has 0 radical (unpaired) electrons. The van der Waals surface area contributed by atoms with Crippen LogP contribution in [0.1, 0.15) is 31.4 Å². The fraction of sp³-hybridized carbons (Fsp3) is 0.357. The number of hydrogen-bond donors (Lipinski definition) is 1. The number of nitrogens with one attached hydrogen (secondary N) is 1. The van der Waals surface area contributed by atoms with E-state index in [1.54, 1.807) is 19.2 Å². The molecule has 1 atom stereocenters. The molecule has 0 aromatic heterocycles. The van der Waals surface area contributed by atoms with Crippen molar-refractivity contribution < 1.29 is 9.72 Å². The lowest BCUT2D eigenvalue weighted by Gasteiger charge is -2.30. The van der Waals surface area contributed by atoms with Crippen molar-refractivity contribution in [3.8, 4) is 0 Å². The van der Waals surface area contributed by atoms with Crippen molar-refractivity contribution in [3.63, 3.8) is 0 Å². The van der Waals surface area contributed by atoms with Crippen molar-refractivity contribution >= 4 is 11.7 Å². The summed E-state index contributed by atoms with van der Waals surface area (Å²) in [5.74, 6) is 0. The molecule has 1 aliphatic heterocycles. The van der Waals surface area contributed by atoms with Gasteiger partial charge in [0.1, 0.15) is 0 Å². The van der Waals surface area contributed by atoms with E-state index in [9.17, 15) is 14.9 Å². The maximum absolute atomic E-state index is 11.8. The van der Waals surface area contributed by atoms with Gasteiger partial charge in [-0.05, 0) is 29.7 Å². The molecule has 0 bridgehead atoms. The van der Waals surface area contributed by atoms with Crippen molar-refractivity contribution in [1.29, 1.82) is 0 Å². The number of carbonyl (C=O) groups is 1. The first kappa shape index (κ1) is 14.0. The van der Waals surface area contributed by atoms with Gasteiger partial charge < -0.3 is 10.2 Å². The number of amides is 2. The van der Waals surface area contributed by atoms with Crippen molar-refractivity contribution in [2.45, 2.75) is 25.8 Å². The molecular formula is C14H17N3O3. The minimum Gasteiger partial charge on any atom is -0.327 e. The lowest BCUT2D eigenvalue weighted by atomic mass is 9.94. The first-order valence-corrected chi connectivity index (χ1v) is 6.51. The van der Waals surface area contributed by atoms with E-state index >= 15 is 0 Å². The predicted octanol–water partition coefficient (Wildman–Crippen LogP) is 2.97. The Morgan fingerprint density at radius 3 is 2.55 bits per heavy atom. The second-order valence-corrected chi connectivity index (χ2v) is 4.80. The van der Waals surface area contributed by atoms with Crippen LogP contribution in [0.5, 0.6) is 0 Å². The largest absolute Gasteiger partial charge is 0.327 e. The molecule has 2 rings (SSSR count).